The fourth-order valence-corrected chi connectivity index (χ4v) is 16.7. The number of ketones is 1. The molecule has 5 aliphatic rings. The van der Waals surface area contributed by atoms with Gasteiger partial charge in [0.1, 0.15) is 24.3 Å². The molecule has 2 aromatic rings. The molecule has 0 saturated heterocycles. The second-order valence-electron chi connectivity index (χ2n) is 17.6. The highest BCUT2D eigenvalue weighted by atomic mass is 28.4. The predicted molar refractivity (Wildman–Crippen MR) is 197 cm³/mol. The van der Waals surface area contributed by atoms with Gasteiger partial charge in [0, 0.05) is 18.9 Å². The van der Waals surface area contributed by atoms with E-state index in [0.717, 1.165) is 43.3 Å². The predicted octanol–water partition coefficient (Wildman–Crippen LogP) is 8.38. The van der Waals surface area contributed by atoms with Crippen LogP contribution in [-0.4, -0.2) is 38.0 Å². The van der Waals surface area contributed by atoms with Crippen molar-refractivity contribution in [2.24, 2.45) is 40.4 Å². The SMILES string of the molecule is C=C(C)C[C@@H](O)C1=C(C)[C@H]2CC[C@H]3[C@@H]4CC[C@H]5C[C@@H](O[Si](c6ccccc6)(c6ccccc6)C(C)(C)C)CC[C@]5(C)[C@H]4CC(=O)[C@]23CO1. The van der Waals surface area contributed by atoms with Gasteiger partial charge >= 0.3 is 0 Å². The quantitative estimate of drug-likeness (QED) is 0.238. The minimum Gasteiger partial charge on any atom is -0.494 e. The Kier molecular flexibility index (Phi) is 8.77. The Morgan fingerprint density at radius 3 is 2.25 bits per heavy atom. The van der Waals surface area contributed by atoms with Crippen molar-refractivity contribution in [3.05, 3.63) is 84.1 Å². The van der Waals surface area contributed by atoms with E-state index in [9.17, 15) is 9.90 Å². The molecule has 0 aromatic heterocycles. The van der Waals surface area contributed by atoms with Crippen LogP contribution < -0.4 is 10.4 Å². The second kappa shape index (κ2) is 12.4. The normalized spacial score (nSPS) is 35.5. The second-order valence-corrected chi connectivity index (χ2v) is 21.9. The first-order chi connectivity index (χ1) is 22.8. The molecule has 4 aliphatic carbocycles. The lowest BCUT2D eigenvalue weighted by Crippen LogP contribution is -2.68. The number of carbonyl (C=O) groups excluding carboxylic acids is 1. The molecule has 1 aliphatic heterocycles. The van der Waals surface area contributed by atoms with Gasteiger partial charge in [-0.15, -0.1) is 6.58 Å². The summed E-state index contributed by atoms with van der Waals surface area (Å²) in [5, 5.41) is 13.7. The molecule has 4 saturated carbocycles. The Bertz CT molecular complexity index is 1520. The molecular weight excluding hydrogens is 609 g/mol. The van der Waals surface area contributed by atoms with E-state index in [0.29, 0.717) is 54.7 Å². The van der Waals surface area contributed by atoms with E-state index in [1.165, 1.54) is 23.2 Å². The largest absolute Gasteiger partial charge is 0.494 e. The van der Waals surface area contributed by atoms with E-state index in [2.05, 4.69) is 102 Å². The van der Waals surface area contributed by atoms with E-state index in [-0.39, 0.29) is 22.5 Å². The first-order valence-corrected chi connectivity index (χ1v) is 20.7. The first-order valence-electron chi connectivity index (χ1n) is 18.8. The molecule has 0 unspecified atom stereocenters. The van der Waals surface area contributed by atoms with E-state index >= 15 is 0 Å². The number of rotatable bonds is 7. The Morgan fingerprint density at radius 1 is 1.00 bits per heavy atom. The van der Waals surface area contributed by atoms with Crippen LogP contribution in [0.3, 0.4) is 0 Å². The molecule has 1 N–H and O–H groups in total. The summed E-state index contributed by atoms with van der Waals surface area (Å²) in [4.78, 5) is 14.6. The Hall–Kier alpha value is -2.47. The summed E-state index contributed by atoms with van der Waals surface area (Å²) in [5.74, 6) is 3.31. The number of ether oxygens (including phenoxy) is 1. The highest BCUT2D eigenvalue weighted by molar-refractivity contribution is 6.99. The smallest absolute Gasteiger partial charge is 0.261 e. The molecule has 7 rings (SSSR count). The van der Waals surface area contributed by atoms with Crippen molar-refractivity contribution in [1.82, 2.24) is 0 Å². The van der Waals surface area contributed by atoms with Gasteiger partial charge < -0.3 is 14.3 Å². The lowest BCUT2D eigenvalue weighted by Gasteiger charge is -2.61. The minimum atomic E-state index is -2.63. The van der Waals surface area contributed by atoms with Crippen molar-refractivity contribution in [1.29, 1.82) is 0 Å². The van der Waals surface area contributed by atoms with Crippen LogP contribution in [0.25, 0.3) is 0 Å². The zero-order valence-electron chi connectivity index (χ0n) is 30.3. The lowest BCUT2D eigenvalue weighted by atomic mass is 9.44. The zero-order valence-corrected chi connectivity index (χ0v) is 31.3. The van der Waals surface area contributed by atoms with Crippen LogP contribution in [0.1, 0.15) is 99.3 Å². The standard InChI is InChI=1S/C43H58O4Si/c1-28(2)24-38(44)40-29(3)35-20-21-36-34-19-18-30-25-31(22-23-42(30,7)37(34)26-39(45)43(35,36)27-46-40)47-48(41(4,5)6,32-14-10-8-11-15-32)33-16-12-9-13-17-33/h8-17,30-31,34-38,44H,1,18-27H2,2-7H3/t30-,31-,34-,35+,36-,37-,38+,42-,43+/m0/s1. The third-order valence-electron chi connectivity index (χ3n) is 14.2. The summed E-state index contributed by atoms with van der Waals surface area (Å²) in [7, 11) is -2.63. The van der Waals surface area contributed by atoms with Gasteiger partial charge in [-0.05, 0) is 115 Å². The van der Waals surface area contributed by atoms with Crippen molar-refractivity contribution in [3.63, 3.8) is 0 Å². The molecule has 5 heteroatoms. The third-order valence-corrected chi connectivity index (χ3v) is 19.3. The number of aliphatic hydroxyl groups is 1. The lowest BCUT2D eigenvalue weighted by molar-refractivity contribution is -0.168. The number of hydrogen-bond donors (Lipinski definition) is 1. The van der Waals surface area contributed by atoms with Crippen molar-refractivity contribution >= 4 is 24.5 Å². The molecule has 1 heterocycles. The van der Waals surface area contributed by atoms with Gasteiger partial charge in [0.2, 0.25) is 0 Å². The van der Waals surface area contributed by atoms with Crippen molar-refractivity contribution in [2.45, 2.75) is 117 Å². The summed E-state index contributed by atoms with van der Waals surface area (Å²) < 4.78 is 14.1. The molecule has 258 valence electrons. The van der Waals surface area contributed by atoms with E-state index < -0.39 is 19.8 Å². The van der Waals surface area contributed by atoms with Crippen molar-refractivity contribution < 1.29 is 19.1 Å². The van der Waals surface area contributed by atoms with Crippen LogP contribution >= 0.6 is 0 Å². The highest BCUT2D eigenvalue weighted by Crippen LogP contribution is 2.68. The summed E-state index contributed by atoms with van der Waals surface area (Å²) in [6, 6.07) is 22.1. The van der Waals surface area contributed by atoms with Gasteiger partial charge in [0.05, 0.1) is 5.41 Å². The number of benzene rings is 2. The number of carbonyl (C=O) groups is 1. The molecule has 0 amide bonds. The van der Waals surface area contributed by atoms with Gasteiger partial charge in [-0.2, -0.15) is 0 Å². The maximum Gasteiger partial charge on any atom is 0.261 e. The van der Waals surface area contributed by atoms with Gasteiger partial charge in [-0.25, -0.2) is 0 Å². The molecule has 9 atom stereocenters. The number of allylic oxidation sites excluding steroid dienone is 1. The molecule has 48 heavy (non-hydrogen) atoms. The summed E-state index contributed by atoms with van der Waals surface area (Å²) in [5.41, 5.74) is 1.81. The molecule has 4 fully saturated rings. The van der Waals surface area contributed by atoms with Gasteiger partial charge in [-0.1, -0.05) is 93.9 Å². The topological polar surface area (TPSA) is 55.8 Å². The summed E-state index contributed by atoms with van der Waals surface area (Å²) >= 11 is 0. The van der Waals surface area contributed by atoms with E-state index in [4.69, 9.17) is 9.16 Å². The molecule has 2 aromatic carbocycles. The molecule has 0 radical (unpaired) electrons. The van der Waals surface area contributed by atoms with E-state index in [1.807, 2.05) is 6.92 Å². The Labute approximate surface area is 290 Å². The number of aliphatic hydroxyl groups excluding tert-OH is 1. The summed E-state index contributed by atoms with van der Waals surface area (Å²) in [6.45, 7) is 18.2. The van der Waals surface area contributed by atoms with Gasteiger partial charge in [-0.3, -0.25) is 4.79 Å². The van der Waals surface area contributed by atoms with Gasteiger partial charge in [0.15, 0.2) is 0 Å². The average Bonchev–Trinajstić information content (AvgIpc) is 3.47. The van der Waals surface area contributed by atoms with Gasteiger partial charge in [0.25, 0.3) is 8.32 Å². The maximum absolute atomic E-state index is 14.6. The van der Waals surface area contributed by atoms with Crippen LogP contribution in [0.2, 0.25) is 5.04 Å². The molecule has 1 spiro atoms. The van der Waals surface area contributed by atoms with Crippen LogP contribution in [0, 0.1) is 40.4 Å². The minimum absolute atomic E-state index is 0.0354. The van der Waals surface area contributed by atoms with Crippen LogP contribution in [0.15, 0.2) is 84.1 Å². The fraction of sp³-hybridized carbons (Fsp3) is 0.605. The number of fused-ring (bicyclic) bond motifs is 4. The third kappa shape index (κ3) is 5.16. The van der Waals surface area contributed by atoms with Crippen LogP contribution in [-0.2, 0) is 14.0 Å². The van der Waals surface area contributed by atoms with Crippen molar-refractivity contribution in [2.75, 3.05) is 6.61 Å². The number of hydrogen-bond acceptors (Lipinski definition) is 4. The average molecular weight is 667 g/mol. The molecular formula is C43H58O4Si. The zero-order chi connectivity index (χ0) is 34.1. The Morgan fingerprint density at radius 2 is 1.65 bits per heavy atom. The van der Waals surface area contributed by atoms with Crippen LogP contribution in [0.4, 0.5) is 0 Å². The number of Topliss-reactive ketones (excluding diaryl/α,β-unsaturated/α-hetero) is 1. The van der Waals surface area contributed by atoms with Crippen molar-refractivity contribution in [3.8, 4) is 0 Å². The maximum atomic E-state index is 14.6. The molecule has 0 bridgehead atoms. The monoisotopic (exact) mass is 666 g/mol. The highest BCUT2D eigenvalue weighted by Gasteiger charge is 2.67. The first kappa shape index (κ1) is 34.0. The Balaban J connectivity index is 1.14. The molecule has 4 nitrogen and oxygen atoms in total. The fourth-order valence-electron chi connectivity index (χ4n) is 12.0. The van der Waals surface area contributed by atoms with Crippen LogP contribution in [0.5, 0.6) is 0 Å². The summed E-state index contributed by atoms with van der Waals surface area (Å²) in [6.07, 6.45) is 8.59. The van der Waals surface area contributed by atoms with E-state index in [1.54, 1.807) is 0 Å².